The number of thiophene rings is 1. The van der Waals surface area contributed by atoms with Gasteiger partial charge in [0.25, 0.3) is 5.91 Å². The molecule has 0 spiro atoms. The number of aryl methyl sites for hydroxylation is 1. The Morgan fingerprint density at radius 3 is 2.65 bits per heavy atom. The second kappa shape index (κ2) is 5.95. The lowest BCUT2D eigenvalue weighted by atomic mass is 10.2. The molecule has 104 valence electrons. The monoisotopic (exact) mass is 373 g/mol. The molecule has 7 heteroatoms. The molecule has 0 aliphatic rings. The number of carboxylic acid groups (broad SMARTS) is 1. The van der Waals surface area contributed by atoms with Crippen LogP contribution in [-0.4, -0.2) is 17.0 Å². The molecule has 1 aromatic heterocycles. The Bertz CT molecular complexity index is 699. The highest BCUT2D eigenvalue weighted by Crippen LogP contribution is 2.28. The highest BCUT2D eigenvalue weighted by Gasteiger charge is 2.16. The molecule has 0 fully saturated rings. The molecule has 1 heterocycles. The van der Waals surface area contributed by atoms with Crippen LogP contribution < -0.4 is 5.32 Å². The van der Waals surface area contributed by atoms with E-state index in [-0.39, 0.29) is 10.8 Å². The summed E-state index contributed by atoms with van der Waals surface area (Å²) in [6.45, 7) is 1.68. The Balaban J connectivity index is 2.26. The van der Waals surface area contributed by atoms with E-state index in [1.807, 2.05) is 0 Å². The van der Waals surface area contributed by atoms with Crippen LogP contribution in [0.4, 0.5) is 5.00 Å². The summed E-state index contributed by atoms with van der Waals surface area (Å²) in [6.07, 6.45) is 0. The minimum Gasteiger partial charge on any atom is -0.477 e. The Hall–Kier alpha value is -1.37. The van der Waals surface area contributed by atoms with Crippen LogP contribution in [0.5, 0.6) is 0 Å². The first-order chi connectivity index (χ1) is 9.38. The van der Waals surface area contributed by atoms with Crippen molar-refractivity contribution in [2.75, 3.05) is 5.32 Å². The van der Waals surface area contributed by atoms with Gasteiger partial charge < -0.3 is 10.4 Å². The van der Waals surface area contributed by atoms with Gasteiger partial charge in [0.1, 0.15) is 4.88 Å². The van der Waals surface area contributed by atoms with Crippen LogP contribution in [0.2, 0.25) is 5.02 Å². The number of anilines is 1. The summed E-state index contributed by atoms with van der Waals surface area (Å²) in [5.74, 6) is -1.39. The van der Waals surface area contributed by atoms with E-state index in [9.17, 15) is 9.59 Å². The van der Waals surface area contributed by atoms with E-state index in [0.717, 1.165) is 15.8 Å². The van der Waals surface area contributed by atoms with Gasteiger partial charge >= 0.3 is 5.97 Å². The molecule has 0 saturated carbocycles. The molecule has 0 aliphatic carbocycles. The fraction of sp³-hybridized carbons (Fsp3) is 0.0769. The summed E-state index contributed by atoms with van der Waals surface area (Å²) >= 11 is 10.3. The summed E-state index contributed by atoms with van der Waals surface area (Å²) in [4.78, 5) is 23.3. The van der Waals surface area contributed by atoms with Crippen LogP contribution in [-0.2, 0) is 0 Å². The predicted molar refractivity (Wildman–Crippen MR) is 83.1 cm³/mol. The summed E-state index contributed by atoms with van der Waals surface area (Å²) in [5.41, 5.74) is 0.933. The lowest BCUT2D eigenvalue weighted by molar-refractivity contribution is 0.0701. The Morgan fingerprint density at radius 1 is 1.35 bits per heavy atom. The quantitative estimate of drug-likeness (QED) is 0.835. The zero-order valence-corrected chi connectivity index (χ0v) is 13.4. The SMILES string of the molecule is Cc1cc(NC(=O)c2cc(Br)ccc2Cl)sc1C(=O)O. The van der Waals surface area contributed by atoms with Crippen LogP contribution in [0.3, 0.4) is 0 Å². The van der Waals surface area contributed by atoms with Crippen molar-refractivity contribution < 1.29 is 14.7 Å². The van der Waals surface area contributed by atoms with E-state index in [0.29, 0.717) is 21.2 Å². The van der Waals surface area contributed by atoms with Gasteiger partial charge in [0.15, 0.2) is 0 Å². The van der Waals surface area contributed by atoms with E-state index in [1.165, 1.54) is 0 Å². The van der Waals surface area contributed by atoms with Crippen molar-refractivity contribution in [2.24, 2.45) is 0 Å². The van der Waals surface area contributed by atoms with Gasteiger partial charge in [0.2, 0.25) is 0 Å². The summed E-state index contributed by atoms with van der Waals surface area (Å²) in [6, 6.07) is 6.58. The fourth-order valence-electron chi connectivity index (χ4n) is 1.61. The van der Waals surface area contributed by atoms with Gasteiger partial charge in [-0.3, -0.25) is 4.79 Å². The maximum absolute atomic E-state index is 12.1. The van der Waals surface area contributed by atoms with E-state index in [2.05, 4.69) is 21.2 Å². The minimum atomic E-state index is -1.01. The average Bonchev–Trinajstić information content (AvgIpc) is 2.73. The third-order valence-electron chi connectivity index (χ3n) is 2.52. The van der Waals surface area contributed by atoms with Gasteiger partial charge in [-0.2, -0.15) is 0 Å². The molecule has 20 heavy (non-hydrogen) atoms. The van der Waals surface area contributed by atoms with Crippen molar-refractivity contribution in [3.05, 3.63) is 49.8 Å². The average molecular weight is 375 g/mol. The van der Waals surface area contributed by atoms with Crippen molar-refractivity contribution in [3.63, 3.8) is 0 Å². The molecule has 0 unspecified atom stereocenters. The van der Waals surface area contributed by atoms with E-state index >= 15 is 0 Å². The third-order valence-corrected chi connectivity index (χ3v) is 4.49. The van der Waals surface area contributed by atoms with Gasteiger partial charge in [-0.25, -0.2) is 4.79 Å². The van der Waals surface area contributed by atoms with Crippen LogP contribution in [0.25, 0.3) is 0 Å². The zero-order valence-electron chi connectivity index (χ0n) is 10.2. The molecule has 0 atom stereocenters. The fourth-order valence-corrected chi connectivity index (χ4v) is 3.08. The van der Waals surface area contributed by atoms with E-state index < -0.39 is 5.97 Å². The summed E-state index contributed by atoms with van der Waals surface area (Å²) < 4.78 is 0.737. The van der Waals surface area contributed by atoms with Gasteiger partial charge in [0.05, 0.1) is 15.6 Å². The topological polar surface area (TPSA) is 66.4 Å². The van der Waals surface area contributed by atoms with Crippen LogP contribution in [0.15, 0.2) is 28.7 Å². The highest BCUT2D eigenvalue weighted by molar-refractivity contribution is 9.10. The molecule has 2 rings (SSSR count). The number of carboxylic acids is 1. The van der Waals surface area contributed by atoms with Gasteiger partial charge in [-0.05, 0) is 36.8 Å². The van der Waals surface area contributed by atoms with E-state index in [1.54, 1.807) is 31.2 Å². The van der Waals surface area contributed by atoms with Gasteiger partial charge in [-0.15, -0.1) is 11.3 Å². The number of halogens is 2. The molecule has 0 aliphatic heterocycles. The molecule has 0 saturated heterocycles. The number of carbonyl (C=O) groups is 2. The molecule has 4 nitrogen and oxygen atoms in total. The lowest BCUT2D eigenvalue weighted by Crippen LogP contribution is -2.11. The van der Waals surface area contributed by atoms with Crippen molar-refractivity contribution in [1.29, 1.82) is 0 Å². The van der Waals surface area contributed by atoms with Crippen molar-refractivity contribution in [1.82, 2.24) is 0 Å². The lowest BCUT2D eigenvalue weighted by Gasteiger charge is -2.05. The standard InChI is InChI=1S/C13H9BrClNO3S/c1-6-4-10(20-11(6)13(18)19)16-12(17)8-5-7(14)2-3-9(8)15/h2-5H,1H3,(H,16,17)(H,18,19). The zero-order chi connectivity index (χ0) is 14.9. The van der Waals surface area contributed by atoms with Crippen molar-refractivity contribution in [2.45, 2.75) is 6.92 Å². The molecule has 0 radical (unpaired) electrons. The Kier molecular flexibility index (Phi) is 4.47. The number of rotatable bonds is 3. The maximum atomic E-state index is 12.1. The second-order valence-electron chi connectivity index (χ2n) is 4.01. The second-order valence-corrected chi connectivity index (χ2v) is 6.38. The summed E-state index contributed by atoms with van der Waals surface area (Å²) in [5, 5.41) is 12.4. The first-order valence-corrected chi connectivity index (χ1v) is 7.47. The van der Waals surface area contributed by atoms with Crippen molar-refractivity contribution >= 4 is 55.7 Å². The molecule has 2 N–H and O–H groups in total. The normalized spacial score (nSPS) is 10.3. The highest BCUT2D eigenvalue weighted by atomic mass is 79.9. The third kappa shape index (κ3) is 3.20. The van der Waals surface area contributed by atoms with Crippen molar-refractivity contribution in [3.8, 4) is 0 Å². The Labute approximate surface area is 132 Å². The van der Waals surface area contributed by atoms with Crippen LogP contribution >= 0.6 is 38.9 Å². The number of hydrogen-bond acceptors (Lipinski definition) is 3. The number of aromatic carboxylic acids is 1. The number of amides is 1. The number of carbonyl (C=O) groups excluding carboxylic acids is 1. The first kappa shape index (κ1) is 15.0. The van der Waals surface area contributed by atoms with Gasteiger partial charge in [0, 0.05) is 4.47 Å². The van der Waals surface area contributed by atoms with Crippen LogP contribution in [0.1, 0.15) is 25.6 Å². The largest absolute Gasteiger partial charge is 0.477 e. The molecule has 1 aromatic carbocycles. The molecular formula is C13H9BrClNO3S. The minimum absolute atomic E-state index is 0.209. The van der Waals surface area contributed by atoms with Gasteiger partial charge in [-0.1, -0.05) is 27.5 Å². The summed E-state index contributed by atoms with van der Waals surface area (Å²) in [7, 11) is 0. The number of hydrogen-bond donors (Lipinski definition) is 2. The molecule has 1 amide bonds. The van der Waals surface area contributed by atoms with Crippen LogP contribution in [0, 0.1) is 6.92 Å². The first-order valence-electron chi connectivity index (χ1n) is 5.48. The predicted octanol–water partition coefficient (Wildman–Crippen LogP) is 4.42. The number of nitrogens with one attached hydrogen (secondary N) is 1. The molecule has 2 aromatic rings. The maximum Gasteiger partial charge on any atom is 0.346 e. The number of benzene rings is 1. The molecule has 0 bridgehead atoms. The Morgan fingerprint density at radius 2 is 2.05 bits per heavy atom. The smallest absolute Gasteiger partial charge is 0.346 e. The molecular weight excluding hydrogens is 366 g/mol. The van der Waals surface area contributed by atoms with E-state index in [4.69, 9.17) is 16.7 Å².